The van der Waals surface area contributed by atoms with E-state index in [0.29, 0.717) is 23.5 Å². The van der Waals surface area contributed by atoms with Gasteiger partial charge in [-0.2, -0.15) is 0 Å². The maximum Gasteiger partial charge on any atom is 0.341 e. The second kappa shape index (κ2) is 10.2. The summed E-state index contributed by atoms with van der Waals surface area (Å²) in [6, 6.07) is 18.8. The summed E-state index contributed by atoms with van der Waals surface area (Å²) in [5.74, 6) is -0.591. The monoisotopic (exact) mass is 499 g/mol. The van der Waals surface area contributed by atoms with Gasteiger partial charge < -0.3 is 14.4 Å². The minimum absolute atomic E-state index is 0.150. The first-order valence-corrected chi connectivity index (χ1v) is 13.8. The lowest BCUT2D eigenvalue weighted by Crippen LogP contribution is -2.31. The van der Waals surface area contributed by atoms with Crippen LogP contribution in [0.4, 0.5) is 0 Å². The SMILES string of the molecule is C[S+]([O-])c1cccc(-c2ccc(S(=O)(=O)N[C@@H]3CCCc4c(OCC(=O)O)cccc43)cc2)c1. The van der Waals surface area contributed by atoms with E-state index < -0.39 is 39.8 Å². The number of hydrogen-bond acceptors (Lipinski definition) is 5. The lowest BCUT2D eigenvalue weighted by Gasteiger charge is -2.27. The number of carboxylic acid groups (broad SMARTS) is 1. The normalized spacial score (nSPS) is 16.5. The maximum absolute atomic E-state index is 13.1. The Balaban J connectivity index is 1.55. The number of rotatable bonds is 8. The van der Waals surface area contributed by atoms with E-state index >= 15 is 0 Å². The highest BCUT2D eigenvalue weighted by Gasteiger charge is 2.27. The molecule has 1 aliphatic carbocycles. The second-order valence-electron chi connectivity index (χ2n) is 8.08. The molecule has 1 aliphatic rings. The summed E-state index contributed by atoms with van der Waals surface area (Å²) in [7, 11) is -3.80. The van der Waals surface area contributed by atoms with Crippen molar-refractivity contribution in [1.82, 2.24) is 4.72 Å². The molecule has 0 spiro atoms. The van der Waals surface area contributed by atoms with Crippen LogP contribution in [-0.4, -0.2) is 36.9 Å². The van der Waals surface area contributed by atoms with Gasteiger partial charge in [-0.15, -0.1) is 0 Å². The fourth-order valence-corrected chi connectivity index (χ4v) is 5.96. The molecular weight excluding hydrogens is 474 g/mol. The summed E-state index contributed by atoms with van der Waals surface area (Å²) in [5.41, 5.74) is 3.33. The Hall–Kier alpha value is -2.85. The lowest BCUT2D eigenvalue weighted by molar-refractivity contribution is -0.139. The van der Waals surface area contributed by atoms with Crippen LogP contribution in [-0.2, 0) is 32.4 Å². The fraction of sp³-hybridized carbons (Fsp3) is 0.240. The first-order chi connectivity index (χ1) is 16.2. The Morgan fingerprint density at radius 2 is 1.85 bits per heavy atom. The van der Waals surface area contributed by atoms with Crippen molar-refractivity contribution in [3.05, 3.63) is 77.9 Å². The Morgan fingerprint density at radius 1 is 1.12 bits per heavy atom. The van der Waals surface area contributed by atoms with Gasteiger partial charge in [-0.05, 0) is 77.0 Å². The first-order valence-electron chi connectivity index (χ1n) is 10.8. The maximum atomic E-state index is 13.1. The quantitative estimate of drug-likeness (QED) is 0.454. The predicted octanol–water partition coefficient (Wildman–Crippen LogP) is 3.91. The smallest absolute Gasteiger partial charge is 0.341 e. The molecule has 0 aromatic heterocycles. The van der Waals surface area contributed by atoms with E-state index in [2.05, 4.69) is 4.72 Å². The van der Waals surface area contributed by atoms with Crippen molar-refractivity contribution >= 4 is 27.2 Å². The van der Waals surface area contributed by atoms with Gasteiger partial charge >= 0.3 is 5.97 Å². The average Bonchev–Trinajstić information content (AvgIpc) is 2.83. The van der Waals surface area contributed by atoms with Gasteiger partial charge in [-0.3, -0.25) is 0 Å². The number of aliphatic carboxylic acids is 1. The number of carboxylic acids is 1. The molecule has 7 nitrogen and oxygen atoms in total. The molecule has 2 N–H and O–H groups in total. The molecule has 1 unspecified atom stereocenters. The summed E-state index contributed by atoms with van der Waals surface area (Å²) < 4.78 is 46.3. The van der Waals surface area contributed by atoms with E-state index in [1.807, 2.05) is 24.3 Å². The van der Waals surface area contributed by atoms with Gasteiger partial charge in [0.15, 0.2) is 11.5 Å². The number of hydrogen-bond donors (Lipinski definition) is 2. The molecule has 0 amide bonds. The van der Waals surface area contributed by atoms with E-state index in [4.69, 9.17) is 9.84 Å². The Labute approximate surface area is 202 Å². The third kappa shape index (κ3) is 5.44. The number of ether oxygens (including phenoxy) is 1. The number of fused-ring (bicyclic) bond motifs is 1. The average molecular weight is 500 g/mol. The minimum atomic E-state index is -3.80. The van der Waals surface area contributed by atoms with Gasteiger partial charge in [0, 0.05) is 12.1 Å². The van der Waals surface area contributed by atoms with Gasteiger partial charge in [-0.25, -0.2) is 17.9 Å². The molecule has 34 heavy (non-hydrogen) atoms. The van der Waals surface area contributed by atoms with E-state index in [9.17, 15) is 17.8 Å². The molecule has 0 bridgehead atoms. The van der Waals surface area contributed by atoms with Gasteiger partial charge in [-0.1, -0.05) is 36.4 Å². The van der Waals surface area contributed by atoms with Crippen LogP contribution in [0.3, 0.4) is 0 Å². The lowest BCUT2D eigenvalue weighted by atomic mass is 9.87. The molecule has 0 heterocycles. The zero-order chi connectivity index (χ0) is 24.3. The van der Waals surface area contributed by atoms with Crippen molar-refractivity contribution in [3.63, 3.8) is 0 Å². The topological polar surface area (TPSA) is 116 Å². The molecule has 9 heteroatoms. The molecule has 3 aromatic carbocycles. The molecule has 0 radical (unpaired) electrons. The highest BCUT2D eigenvalue weighted by atomic mass is 32.2. The van der Waals surface area contributed by atoms with Crippen LogP contribution in [0.15, 0.2) is 76.5 Å². The molecule has 2 atom stereocenters. The van der Waals surface area contributed by atoms with Crippen molar-refractivity contribution in [2.24, 2.45) is 0 Å². The summed E-state index contributed by atoms with van der Waals surface area (Å²) in [6.45, 7) is -0.448. The summed E-state index contributed by atoms with van der Waals surface area (Å²) in [6.07, 6.45) is 3.69. The predicted molar refractivity (Wildman–Crippen MR) is 130 cm³/mol. The van der Waals surface area contributed by atoms with Gasteiger partial charge in [0.05, 0.1) is 4.90 Å². The number of carbonyl (C=O) groups is 1. The van der Waals surface area contributed by atoms with Crippen LogP contribution in [0.1, 0.15) is 30.0 Å². The molecular formula is C25H25NO6S2. The van der Waals surface area contributed by atoms with Gasteiger partial charge in [0.25, 0.3) is 0 Å². The number of sulfonamides is 1. The zero-order valence-corrected chi connectivity index (χ0v) is 20.2. The van der Waals surface area contributed by atoms with E-state index in [-0.39, 0.29) is 4.90 Å². The molecule has 0 saturated heterocycles. The molecule has 0 aliphatic heterocycles. The van der Waals surface area contributed by atoms with Crippen LogP contribution in [0, 0.1) is 0 Å². The first kappa shape index (κ1) is 24.3. The van der Waals surface area contributed by atoms with Crippen molar-refractivity contribution in [2.45, 2.75) is 35.1 Å². The van der Waals surface area contributed by atoms with E-state index in [1.54, 1.807) is 48.7 Å². The van der Waals surface area contributed by atoms with E-state index in [0.717, 1.165) is 28.7 Å². The summed E-state index contributed by atoms with van der Waals surface area (Å²) >= 11 is -1.10. The Bertz CT molecular complexity index is 1290. The highest BCUT2D eigenvalue weighted by molar-refractivity contribution is 7.90. The zero-order valence-electron chi connectivity index (χ0n) is 18.6. The van der Waals surface area contributed by atoms with E-state index in [1.165, 1.54) is 0 Å². The van der Waals surface area contributed by atoms with Crippen LogP contribution < -0.4 is 9.46 Å². The van der Waals surface area contributed by atoms with Crippen LogP contribution >= 0.6 is 0 Å². The minimum Gasteiger partial charge on any atom is -0.612 e. The third-order valence-electron chi connectivity index (χ3n) is 5.78. The summed E-state index contributed by atoms with van der Waals surface area (Å²) in [4.78, 5) is 11.7. The molecule has 178 valence electrons. The largest absolute Gasteiger partial charge is 0.612 e. The molecule has 0 saturated carbocycles. The summed E-state index contributed by atoms with van der Waals surface area (Å²) in [5, 5.41) is 8.91. The Morgan fingerprint density at radius 3 is 2.56 bits per heavy atom. The van der Waals surface area contributed by atoms with Crippen molar-refractivity contribution < 1.29 is 27.6 Å². The number of nitrogens with one attached hydrogen (secondary N) is 1. The van der Waals surface area contributed by atoms with Crippen molar-refractivity contribution in [2.75, 3.05) is 12.9 Å². The Kier molecular flexibility index (Phi) is 7.27. The molecule has 3 aromatic rings. The van der Waals surface area contributed by atoms with Crippen molar-refractivity contribution in [1.29, 1.82) is 0 Å². The molecule has 4 rings (SSSR count). The van der Waals surface area contributed by atoms with Crippen LogP contribution in [0.2, 0.25) is 0 Å². The third-order valence-corrected chi connectivity index (χ3v) is 8.18. The number of benzene rings is 3. The second-order valence-corrected chi connectivity index (χ2v) is 11.2. The fourth-order valence-electron chi connectivity index (χ4n) is 4.15. The van der Waals surface area contributed by atoms with Crippen molar-refractivity contribution in [3.8, 4) is 16.9 Å². The van der Waals surface area contributed by atoms with Gasteiger partial charge in [0.1, 0.15) is 12.0 Å². The standard InChI is InChI=1S/C25H25NO6S2/c1-33(29)19-6-2-5-18(15-19)17-11-13-20(14-12-17)34(30,31)26-23-9-3-8-22-21(23)7-4-10-24(22)32-16-25(27)28/h2,4-7,10-15,23,26H,3,8-9,16H2,1H3,(H,27,28)/t23-,33?/m1/s1. The van der Waals surface area contributed by atoms with Crippen LogP contribution in [0.5, 0.6) is 5.75 Å². The van der Waals surface area contributed by atoms with Gasteiger partial charge in [0.2, 0.25) is 10.0 Å². The highest BCUT2D eigenvalue weighted by Crippen LogP contribution is 2.36. The van der Waals surface area contributed by atoms with Crippen LogP contribution in [0.25, 0.3) is 11.1 Å². The molecule has 0 fully saturated rings.